The number of amides is 1. The standard InChI is InChI=1S/C30H42BrNO3S/c1-5-23(25-8-9-26(31)36-25)32-27(35)14-17(2)20-6-7-21-28-22(11-13-30(20,21)4)29(3)12-10-19(33)15-18(29)16-24(28)34/h8-9,17-18,20-23,28H,5-7,10-16H2,1-4H3,(H,32,35)/t17-,18+,20-,21+,22+,23+,28+,29+,30-/m1/s1. The van der Waals surface area contributed by atoms with Crippen molar-refractivity contribution in [2.24, 2.45) is 46.3 Å². The quantitative estimate of drug-likeness (QED) is 0.381. The minimum absolute atomic E-state index is 0.0688. The molecule has 6 heteroatoms. The summed E-state index contributed by atoms with van der Waals surface area (Å²) in [6.45, 7) is 9.22. The zero-order valence-corrected chi connectivity index (χ0v) is 24.7. The molecule has 1 heterocycles. The molecule has 4 aliphatic carbocycles. The molecule has 0 radical (unpaired) electrons. The van der Waals surface area contributed by atoms with Gasteiger partial charge in [0.2, 0.25) is 5.91 Å². The third kappa shape index (κ3) is 4.46. The summed E-state index contributed by atoms with van der Waals surface area (Å²) in [4.78, 5) is 40.1. The summed E-state index contributed by atoms with van der Waals surface area (Å²) < 4.78 is 1.09. The molecule has 4 saturated carbocycles. The number of nitrogens with one attached hydrogen (secondary N) is 1. The van der Waals surface area contributed by atoms with Gasteiger partial charge in [-0.2, -0.15) is 0 Å². The van der Waals surface area contributed by atoms with E-state index in [4.69, 9.17) is 0 Å². The van der Waals surface area contributed by atoms with Gasteiger partial charge >= 0.3 is 0 Å². The highest BCUT2D eigenvalue weighted by molar-refractivity contribution is 9.11. The highest BCUT2D eigenvalue weighted by atomic mass is 79.9. The van der Waals surface area contributed by atoms with Gasteiger partial charge in [0.05, 0.1) is 9.83 Å². The maximum absolute atomic E-state index is 13.6. The molecule has 4 aliphatic rings. The van der Waals surface area contributed by atoms with E-state index in [2.05, 4.69) is 55.0 Å². The molecular formula is C30H42BrNO3S. The predicted octanol–water partition coefficient (Wildman–Crippen LogP) is 7.51. The van der Waals surface area contributed by atoms with E-state index in [1.54, 1.807) is 11.3 Å². The first-order valence-corrected chi connectivity index (χ1v) is 15.8. The summed E-state index contributed by atoms with van der Waals surface area (Å²) >= 11 is 5.23. The van der Waals surface area contributed by atoms with Crippen molar-refractivity contribution in [2.45, 2.75) is 97.9 Å². The molecule has 0 spiro atoms. The van der Waals surface area contributed by atoms with Crippen molar-refractivity contribution in [1.29, 1.82) is 0 Å². The molecular weight excluding hydrogens is 534 g/mol. The minimum atomic E-state index is 0.0688. The number of carbonyl (C=O) groups excluding carboxylic acids is 3. The lowest BCUT2D eigenvalue weighted by Crippen LogP contribution is -2.57. The number of halogens is 1. The van der Waals surface area contributed by atoms with Crippen LogP contribution in [-0.2, 0) is 14.4 Å². The maximum Gasteiger partial charge on any atom is 0.220 e. The number of rotatable bonds is 6. The number of thiophene rings is 1. The number of carbonyl (C=O) groups is 3. The number of fused-ring (bicyclic) bond motifs is 5. The van der Waals surface area contributed by atoms with Crippen LogP contribution in [0.5, 0.6) is 0 Å². The molecule has 4 fully saturated rings. The Bertz CT molecular complexity index is 1040. The van der Waals surface area contributed by atoms with E-state index < -0.39 is 0 Å². The molecule has 4 nitrogen and oxygen atoms in total. The minimum Gasteiger partial charge on any atom is -0.348 e. The molecule has 0 aromatic carbocycles. The van der Waals surface area contributed by atoms with Crippen molar-refractivity contribution >= 4 is 44.7 Å². The first kappa shape index (κ1) is 26.6. The predicted molar refractivity (Wildman–Crippen MR) is 148 cm³/mol. The Morgan fingerprint density at radius 2 is 1.86 bits per heavy atom. The van der Waals surface area contributed by atoms with Gasteiger partial charge < -0.3 is 5.32 Å². The molecule has 198 valence electrons. The van der Waals surface area contributed by atoms with E-state index in [1.807, 2.05) is 6.07 Å². The topological polar surface area (TPSA) is 63.2 Å². The lowest BCUT2D eigenvalue weighted by Gasteiger charge is -2.59. The Kier molecular flexibility index (Phi) is 7.35. The normalized spacial score (nSPS) is 39.6. The summed E-state index contributed by atoms with van der Waals surface area (Å²) in [5, 5.41) is 3.30. The van der Waals surface area contributed by atoms with Crippen molar-refractivity contribution < 1.29 is 14.4 Å². The first-order chi connectivity index (χ1) is 17.1. The van der Waals surface area contributed by atoms with Crippen LogP contribution in [-0.4, -0.2) is 17.5 Å². The molecule has 0 saturated heterocycles. The van der Waals surface area contributed by atoms with E-state index in [1.165, 1.54) is 4.88 Å². The summed E-state index contributed by atoms with van der Waals surface area (Å²) in [7, 11) is 0. The van der Waals surface area contributed by atoms with Gasteiger partial charge in [-0.1, -0.05) is 27.7 Å². The van der Waals surface area contributed by atoms with E-state index in [-0.39, 0.29) is 34.6 Å². The third-order valence-corrected chi connectivity index (χ3v) is 13.0. The highest BCUT2D eigenvalue weighted by Crippen LogP contribution is 2.67. The van der Waals surface area contributed by atoms with Gasteiger partial charge in [-0.3, -0.25) is 14.4 Å². The Balaban J connectivity index is 1.28. The number of Topliss-reactive ketones (excluding diaryl/α,β-unsaturated/α-hetero) is 2. The largest absolute Gasteiger partial charge is 0.348 e. The van der Waals surface area contributed by atoms with Crippen LogP contribution in [0.2, 0.25) is 0 Å². The van der Waals surface area contributed by atoms with E-state index in [0.29, 0.717) is 60.9 Å². The second kappa shape index (κ2) is 9.94. The van der Waals surface area contributed by atoms with Gasteiger partial charge in [-0.05, 0) is 107 Å². The second-order valence-electron chi connectivity index (χ2n) is 12.9. The number of ketones is 2. The SMILES string of the molecule is CC[C@H](NC(=O)C[C@@H](C)[C@H]1CC[C@H]2[C@@H]3C(=O)C[C@@H]4CC(=O)CC[C@]4(C)[C@H]3CC[C@]12C)c1ccc(Br)s1. The average molecular weight is 577 g/mol. The van der Waals surface area contributed by atoms with Gasteiger partial charge in [0.15, 0.2) is 0 Å². The first-order valence-electron chi connectivity index (χ1n) is 14.2. The highest BCUT2D eigenvalue weighted by Gasteiger charge is 2.63. The summed E-state index contributed by atoms with van der Waals surface area (Å²) in [5.41, 5.74) is 0.274. The van der Waals surface area contributed by atoms with Crippen molar-refractivity contribution in [3.63, 3.8) is 0 Å². The van der Waals surface area contributed by atoms with Crippen LogP contribution in [0.25, 0.3) is 0 Å². The number of hydrogen-bond donors (Lipinski definition) is 1. The fraction of sp³-hybridized carbons (Fsp3) is 0.767. The van der Waals surface area contributed by atoms with Gasteiger partial charge in [-0.25, -0.2) is 0 Å². The van der Waals surface area contributed by atoms with E-state index in [9.17, 15) is 14.4 Å². The van der Waals surface area contributed by atoms with Crippen LogP contribution in [0.4, 0.5) is 0 Å². The van der Waals surface area contributed by atoms with Crippen LogP contribution in [0, 0.1) is 46.3 Å². The number of hydrogen-bond acceptors (Lipinski definition) is 4. The van der Waals surface area contributed by atoms with Crippen LogP contribution in [0.15, 0.2) is 15.9 Å². The molecule has 1 aromatic rings. The van der Waals surface area contributed by atoms with Gasteiger partial charge in [0.25, 0.3) is 0 Å². The van der Waals surface area contributed by atoms with Crippen molar-refractivity contribution in [3.8, 4) is 0 Å². The molecule has 36 heavy (non-hydrogen) atoms. The molecule has 5 rings (SSSR count). The van der Waals surface area contributed by atoms with E-state index in [0.717, 1.165) is 42.3 Å². The maximum atomic E-state index is 13.6. The van der Waals surface area contributed by atoms with Gasteiger partial charge in [0, 0.05) is 36.5 Å². The Hall–Kier alpha value is -1.01. The summed E-state index contributed by atoms with van der Waals surface area (Å²) in [6, 6.07) is 4.22. The van der Waals surface area contributed by atoms with Gasteiger partial charge in [0.1, 0.15) is 11.6 Å². The zero-order valence-electron chi connectivity index (χ0n) is 22.3. The Morgan fingerprint density at radius 3 is 2.56 bits per heavy atom. The molecule has 0 bridgehead atoms. The van der Waals surface area contributed by atoms with Crippen molar-refractivity contribution in [3.05, 3.63) is 20.8 Å². The Morgan fingerprint density at radius 1 is 1.11 bits per heavy atom. The second-order valence-corrected chi connectivity index (χ2v) is 15.4. The van der Waals surface area contributed by atoms with Crippen molar-refractivity contribution in [2.75, 3.05) is 0 Å². The van der Waals surface area contributed by atoms with Crippen LogP contribution < -0.4 is 5.32 Å². The molecule has 1 amide bonds. The van der Waals surface area contributed by atoms with E-state index >= 15 is 0 Å². The molecule has 1 N–H and O–H groups in total. The smallest absolute Gasteiger partial charge is 0.220 e. The van der Waals surface area contributed by atoms with Gasteiger partial charge in [-0.15, -0.1) is 11.3 Å². The average Bonchev–Trinajstić information content (AvgIpc) is 3.41. The third-order valence-electron chi connectivity index (χ3n) is 11.2. The molecule has 0 aliphatic heterocycles. The fourth-order valence-corrected chi connectivity index (χ4v) is 10.8. The lowest BCUT2D eigenvalue weighted by molar-refractivity contribution is -0.159. The fourth-order valence-electron chi connectivity index (χ4n) is 9.28. The summed E-state index contributed by atoms with van der Waals surface area (Å²) in [6.07, 6.45) is 8.81. The Labute approximate surface area is 228 Å². The lowest BCUT2D eigenvalue weighted by atomic mass is 9.44. The molecule has 9 atom stereocenters. The van der Waals surface area contributed by atoms with Crippen molar-refractivity contribution in [1.82, 2.24) is 5.32 Å². The van der Waals surface area contributed by atoms with Crippen LogP contribution in [0.3, 0.4) is 0 Å². The molecule has 0 unspecified atom stereocenters. The van der Waals surface area contributed by atoms with Crippen LogP contribution in [0.1, 0.15) is 103 Å². The summed E-state index contributed by atoms with van der Waals surface area (Å²) in [5.74, 6) is 3.01. The van der Waals surface area contributed by atoms with Crippen LogP contribution >= 0.6 is 27.3 Å². The monoisotopic (exact) mass is 575 g/mol. The molecule has 1 aromatic heterocycles. The zero-order chi connectivity index (χ0) is 25.8.